The fourth-order valence-corrected chi connectivity index (χ4v) is 3.07. The molecule has 104 valence electrons. The van der Waals surface area contributed by atoms with Crippen molar-refractivity contribution in [1.82, 2.24) is 0 Å². The molecule has 0 bridgehead atoms. The van der Waals surface area contributed by atoms with Gasteiger partial charge in [0.05, 0.1) is 15.7 Å². The maximum absolute atomic E-state index is 10.9. The first-order valence-corrected chi connectivity index (χ1v) is 6.98. The third-order valence-electron chi connectivity index (χ3n) is 3.34. The normalized spacial score (nSPS) is 17.3. The summed E-state index contributed by atoms with van der Waals surface area (Å²) >= 11 is 12.5. The molecule has 0 aromatic heterocycles. The van der Waals surface area contributed by atoms with Gasteiger partial charge < -0.3 is 15.7 Å². The Balaban J connectivity index is 2.34. The SMILES string of the molecule is N[C@H](C(=O)O)c1cc(Cl)c(N2CCCCC2)c(Cl)c1. The molecule has 0 spiro atoms. The van der Waals surface area contributed by atoms with Crippen molar-refractivity contribution in [2.45, 2.75) is 25.3 Å². The maximum Gasteiger partial charge on any atom is 0.325 e. The topological polar surface area (TPSA) is 66.6 Å². The van der Waals surface area contributed by atoms with Gasteiger partial charge in [-0.05, 0) is 37.0 Å². The summed E-state index contributed by atoms with van der Waals surface area (Å²) in [5.74, 6) is -1.10. The highest BCUT2D eigenvalue weighted by molar-refractivity contribution is 6.39. The lowest BCUT2D eigenvalue weighted by Gasteiger charge is -2.30. The van der Waals surface area contributed by atoms with E-state index in [1.54, 1.807) is 12.1 Å². The van der Waals surface area contributed by atoms with Crippen molar-refractivity contribution in [2.24, 2.45) is 5.73 Å². The molecular weight excluding hydrogens is 287 g/mol. The van der Waals surface area contributed by atoms with Crippen LogP contribution in [-0.4, -0.2) is 24.2 Å². The minimum Gasteiger partial charge on any atom is -0.480 e. The minimum atomic E-state index is -1.11. The van der Waals surface area contributed by atoms with Crippen molar-refractivity contribution in [3.05, 3.63) is 27.7 Å². The van der Waals surface area contributed by atoms with E-state index in [0.717, 1.165) is 31.6 Å². The number of carbonyl (C=O) groups is 1. The van der Waals surface area contributed by atoms with Crippen LogP contribution in [0.15, 0.2) is 12.1 Å². The molecule has 1 heterocycles. The number of nitrogens with zero attached hydrogens (tertiary/aromatic N) is 1. The number of halogens is 2. The quantitative estimate of drug-likeness (QED) is 0.900. The van der Waals surface area contributed by atoms with E-state index in [4.69, 9.17) is 34.0 Å². The molecule has 6 heteroatoms. The third-order valence-corrected chi connectivity index (χ3v) is 3.91. The van der Waals surface area contributed by atoms with Gasteiger partial charge in [0.1, 0.15) is 6.04 Å². The second kappa shape index (κ2) is 5.99. The second-order valence-electron chi connectivity index (χ2n) is 4.70. The second-order valence-corrected chi connectivity index (χ2v) is 5.51. The summed E-state index contributed by atoms with van der Waals surface area (Å²) in [5.41, 5.74) is 6.78. The largest absolute Gasteiger partial charge is 0.480 e. The van der Waals surface area contributed by atoms with Crippen molar-refractivity contribution >= 4 is 34.9 Å². The number of hydrogen-bond donors (Lipinski definition) is 2. The van der Waals surface area contributed by atoms with Crippen molar-refractivity contribution in [3.63, 3.8) is 0 Å². The van der Waals surface area contributed by atoms with Gasteiger partial charge in [0, 0.05) is 13.1 Å². The minimum absolute atomic E-state index is 0.420. The molecule has 3 N–H and O–H groups in total. The first-order valence-electron chi connectivity index (χ1n) is 6.23. The van der Waals surface area contributed by atoms with Gasteiger partial charge >= 0.3 is 5.97 Å². The number of carboxylic acid groups (broad SMARTS) is 1. The van der Waals surface area contributed by atoms with E-state index in [2.05, 4.69) is 4.90 Å². The summed E-state index contributed by atoms with van der Waals surface area (Å²) in [5, 5.41) is 9.83. The first-order chi connectivity index (χ1) is 9.00. The van der Waals surface area contributed by atoms with Crippen LogP contribution in [-0.2, 0) is 4.79 Å². The molecule has 1 saturated heterocycles. The van der Waals surface area contributed by atoms with Crippen molar-refractivity contribution < 1.29 is 9.90 Å². The molecule has 0 unspecified atom stereocenters. The standard InChI is InChI=1S/C13H16Cl2N2O2/c14-9-6-8(11(16)13(18)19)7-10(15)12(9)17-4-2-1-3-5-17/h6-7,11H,1-5,16H2,(H,18,19)/t11-/m0/s1. The van der Waals surface area contributed by atoms with E-state index < -0.39 is 12.0 Å². The Morgan fingerprint density at radius 3 is 2.21 bits per heavy atom. The zero-order chi connectivity index (χ0) is 14.0. The summed E-state index contributed by atoms with van der Waals surface area (Å²) in [4.78, 5) is 13.0. The van der Waals surface area contributed by atoms with E-state index in [-0.39, 0.29) is 0 Å². The van der Waals surface area contributed by atoms with Crippen LogP contribution in [0, 0.1) is 0 Å². The van der Waals surface area contributed by atoms with E-state index >= 15 is 0 Å². The third kappa shape index (κ3) is 3.14. The molecule has 1 aliphatic heterocycles. The fourth-order valence-electron chi connectivity index (χ4n) is 2.33. The predicted molar refractivity (Wildman–Crippen MR) is 77.1 cm³/mol. The lowest BCUT2D eigenvalue weighted by molar-refractivity contribution is -0.138. The lowest BCUT2D eigenvalue weighted by atomic mass is 10.1. The summed E-state index contributed by atoms with van der Waals surface area (Å²) in [7, 11) is 0. The number of piperidine rings is 1. The van der Waals surface area contributed by atoms with Crippen LogP contribution in [0.25, 0.3) is 0 Å². The van der Waals surface area contributed by atoms with Crippen molar-refractivity contribution in [2.75, 3.05) is 18.0 Å². The molecule has 1 atom stereocenters. The van der Waals surface area contributed by atoms with Gasteiger partial charge in [-0.15, -0.1) is 0 Å². The highest BCUT2D eigenvalue weighted by Crippen LogP contribution is 2.37. The van der Waals surface area contributed by atoms with E-state index in [0.29, 0.717) is 15.6 Å². The van der Waals surface area contributed by atoms with Gasteiger partial charge in [-0.1, -0.05) is 23.2 Å². The molecule has 1 aromatic rings. The molecular formula is C13H16Cl2N2O2. The Morgan fingerprint density at radius 1 is 1.21 bits per heavy atom. The van der Waals surface area contributed by atoms with Gasteiger partial charge in [0.25, 0.3) is 0 Å². The van der Waals surface area contributed by atoms with Crippen LogP contribution in [0.5, 0.6) is 0 Å². The van der Waals surface area contributed by atoms with Gasteiger partial charge in [-0.2, -0.15) is 0 Å². The number of anilines is 1. The highest BCUT2D eigenvalue weighted by Gasteiger charge is 2.21. The van der Waals surface area contributed by atoms with Crippen molar-refractivity contribution in [1.29, 1.82) is 0 Å². The van der Waals surface area contributed by atoms with Crippen LogP contribution < -0.4 is 10.6 Å². The van der Waals surface area contributed by atoms with Gasteiger partial charge in [-0.3, -0.25) is 4.79 Å². The molecule has 0 saturated carbocycles. The van der Waals surface area contributed by atoms with E-state index in [1.165, 1.54) is 6.42 Å². The first kappa shape index (κ1) is 14.4. The molecule has 1 aromatic carbocycles. The van der Waals surface area contributed by atoms with E-state index in [1.807, 2.05) is 0 Å². The number of benzene rings is 1. The van der Waals surface area contributed by atoms with Crippen LogP contribution in [0.2, 0.25) is 10.0 Å². The molecule has 19 heavy (non-hydrogen) atoms. The van der Waals surface area contributed by atoms with Crippen LogP contribution in [0.4, 0.5) is 5.69 Å². The zero-order valence-corrected chi connectivity index (χ0v) is 11.9. The van der Waals surface area contributed by atoms with Crippen LogP contribution >= 0.6 is 23.2 Å². The number of rotatable bonds is 3. The molecule has 4 nitrogen and oxygen atoms in total. The molecule has 0 radical (unpaired) electrons. The maximum atomic E-state index is 10.9. The predicted octanol–water partition coefficient (Wildman–Crippen LogP) is 3.07. The summed E-state index contributed by atoms with van der Waals surface area (Å²) in [6.07, 6.45) is 3.44. The van der Waals surface area contributed by atoms with Crippen LogP contribution in [0.3, 0.4) is 0 Å². The average molecular weight is 303 g/mol. The average Bonchev–Trinajstić information content (AvgIpc) is 2.38. The molecule has 1 aliphatic rings. The van der Waals surface area contributed by atoms with Crippen molar-refractivity contribution in [3.8, 4) is 0 Å². The Labute approximate surface area is 122 Å². The highest BCUT2D eigenvalue weighted by atomic mass is 35.5. The van der Waals surface area contributed by atoms with Crippen LogP contribution in [0.1, 0.15) is 30.9 Å². The molecule has 0 aliphatic carbocycles. The molecule has 2 rings (SSSR count). The fraction of sp³-hybridized carbons (Fsp3) is 0.462. The van der Waals surface area contributed by atoms with Gasteiger partial charge in [-0.25, -0.2) is 0 Å². The number of carboxylic acids is 1. The number of hydrogen-bond acceptors (Lipinski definition) is 3. The smallest absolute Gasteiger partial charge is 0.325 e. The molecule has 0 amide bonds. The Bertz CT molecular complexity index is 465. The van der Waals surface area contributed by atoms with E-state index in [9.17, 15) is 4.79 Å². The monoisotopic (exact) mass is 302 g/mol. The molecule has 1 fully saturated rings. The number of nitrogens with two attached hydrogens (primary N) is 1. The zero-order valence-electron chi connectivity index (χ0n) is 10.4. The Morgan fingerprint density at radius 2 is 1.74 bits per heavy atom. The summed E-state index contributed by atoms with van der Waals surface area (Å²) in [6, 6.07) is 2.08. The van der Waals surface area contributed by atoms with Gasteiger partial charge in [0.2, 0.25) is 0 Å². The summed E-state index contributed by atoms with van der Waals surface area (Å²) in [6.45, 7) is 1.84. The van der Waals surface area contributed by atoms with Gasteiger partial charge in [0.15, 0.2) is 0 Å². The Kier molecular flexibility index (Phi) is 4.55. The summed E-state index contributed by atoms with van der Waals surface area (Å²) < 4.78 is 0. The lowest BCUT2D eigenvalue weighted by Crippen LogP contribution is -2.30. The Hall–Kier alpha value is -0.970. The number of aliphatic carboxylic acids is 1.